The van der Waals surface area contributed by atoms with Crippen molar-refractivity contribution >= 4 is 28.5 Å². The Hall–Kier alpha value is -0.580. The highest BCUT2D eigenvalue weighted by molar-refractivity contribution is 14.1. The summed E-state index contributed by atoms with van der Waals surface area (Å²) in [6, 6.07) is 0.168. The monoisotopic (exact) mass is 303 g/mol. The summed E-state index contributed by atoms with van der Waals surface area (Å²) in [5.74, 6) is 0.386. The summed E-state index contributed by atoms with van der Waals surface area (Å²) in [7, 11) is 0. The van der Waals surface area contributed by atoms with Crippen LogP contribution in [0.4, 0.5) is 0 Å². The summed E-state index contributed by atoms with van der Waals surface area (Å²) in [6.07, 6.45) is 10.1. The average Bonchev–Trinajstić information content (AvgIpc) is 2.23. The van der Waals surface area contributed by atoms with Crippen LogP contribution in [0, 0.1) is 5.92 Å². The third kappa shape index (κ3) is 2.47. The Labute approximate surface area is 98.3 Å². The Kier molecular flexibility index (Phi) is 4.38. The molecule has 2 rings (SSSR count). The first-order chi connectivity index (χ1) is 6.77. The quantitative estimate of drug-likeness (QED) is 0.685. The zero-order valence-electron chi connectivity index (χ0n) is 8.33. The van der Waals surface area contributed by atoms with Crippen LogP contribution < -0.4 is 5.32 Å². The molecular formula is C11H14INO. The van der Waals surface area contributed by atoms with Crippen molar-refractivity contribution in [2.24, 2.45) is 5.92 Å². The van der Waals surface area contributed by atoms with Gasteiger partial charge in [0, 0.05) is 5.92 Å². The van der Waals surface area contributed by atoms with Crippen molar-refractivity contribution in [3.63, 3.8) is 0 Å². The fourth-order valence-electron chi connectivity index (χ4n) is 1.39. The van der Waals surface area contributed by atoms with Crippen molar-refractivity contribution in [3.8, 4) is 0 Å². The van der Waals surface area contributed by atoms with Crippen molar-refractivity contribution in [2.75, 3.05) is 0 Å². The molecule has 3 heteroatoms. The van der Waals surface area contributed by atoms with Gasteiger partial charge in [0.05, 0.1) is 9.62 Å². The normalized spacial score (nSPS) is 28.2. The molecule has 0 radical (unpaired) electrons. The van der Waals surface area contributed by atoms with Gasteiger partial charge >= 0.3 is 0 Å². The topological polar surface area (TPSA) is 29.1 Å². The molecule has 0 saturated heterocycles. The largest absolute Gasteiger partial charge is 0.345 e. The summed E-state index contributed by atoms with van der Waals surface area (Å²) in [6.45, 7) is 4.00. The lowest BCUT2D eigenvalue weighted by atomic mass is 9.92. The molecule has 0 spiro atoms. The molecule has 2 aliphatic rings. The molecule has 2 atom stereocenters. The Morgan fingerprint density at radius 1 is 1.29 bits per heavy atom. The van der Waals surface area contributed by atoms with Gasteiger partial charge in [-0.05, 0) is 22.6 Å². The molecule has 76 valence electrons. The molecule has 0 fully saturated rings. The van der Waals surface area contributed by atoms with Crippen LogP contribution >= 0.6 is 22.6 Å². The van der Waals surface area contributed by atoms with Crippen LogP contribution in [0.25, 0.3) is 0 Å². The highest BCUT2D eigenvalue weighted by atomic mass is 127. The van der Waals surface area contributed by atoms with Crippen LogP contribution in [0.5, 0.6) is 0 Å². The van der Waals surface area contributed by atoms with Gasteiger partial charge in [-0.25, -0.2) is 0 Å². The summed E-state index contributed by atoms with van der Waals surface area (Å²) in [5, 5.41) is 2.92. The predicted octanol–water partition coefficient (Wildman–Crippen LogP) is 2.57. The summed E-state index contributed by atoms with van der Waals surface area (Å²) < 4.78 is 0.786. The van der Waals surface area contributed by atoms with Gasteiger partial charge in [0.1, 0.15) is 0 Å². The number of fused-ring (bicyclic) bond motifs is 1. The van der Waals surface area contributed by atoms with Crippen LogP contribution in [-0.4, -0.2) is 11.9 Å². The minimum absolute atomic E-state index is 0.0387. The van der Waals surface area contributed by atoms with Crippen LogP contribution in [0.1, 0.15) is 13.8 Å². The second kappa shape index (κ2) is 5.34. The summed E-state index contributed by atoms with van der Waals surface area (Å²) in [5.41, 5.74) is 0. The number of halogens is 1. The highest BCUT2D eigenvalue weighted by Gasteiger charge is 2.25. The molecule has 1 N–H and O–H groups in total. The Bertz CT molecular complexity index is 304. The van der Waals surface area contributed by atoms with Crippen LogP contribution in [-0.2, 0) is 4.79 Å². The van der Waals surface area contributed by atoms with Gasteiger partial charge in [-0.3, -0.25) is 4.79 Å². The zero-order valence-corrected chi connectivity index (χ0v) is 10.5. The third-order valence-corrected chi connectivity index (χ3v) is 2.88. The fraction of sp³-hybridized carbons (Fsp3) is 0.364. The Morgan fingerprint density at radius 3 is 2.64 bits per heavy atom. The van der Waals surface area contributed by atoms with E-state index in [2.05, 4.69) is 34.0 Å². The van der Waals surface area contributed by atoms with E-state index in [0.29, 0.717) is 5.92 Å². The van der Waals surface area contributed by atoms with Crippen molar-refractivity contribution in [1.29, 1.82) is 0 Å². The molecule has 14 heavy (non-hydrogen) atoms. The molecule has 0 saturated carbocycles. The molecular weight excluding hydrogens is 289 g/mol. The second-order valence-corrected chi connectivity index (χ2v) is 4.02. The van der Waals surface area contributed by atoms with E-state index in [-0.39, 0.29) is 11.9 Å². The zero-order chi connectivity index (χ0) is 10.6. The van der Waals surface area contributed by atoms with E-state index in [1.165, 1.54) is 0 Å². The SMILES string of the molecule is CC.O=C1NC2C=CC=CC2C=C1I. The third-order valence-electron chi connectivity index (χ3n) is 2.03. The number of carbonyl (C=O) groups is 1. The van der Waals surface area contributed by atoms with Crippen LogP contribution in [0.3, 0.4) is 0 Å². The molecule has 0 aromatic heterocycles. The van der Waals surface area contributed by atoms with Gasteiger partial charge in [-0.1, -0.05) is 44.2 Å². The number of allylic oxidation sites excluding steroid dienone is 2. The first-order valence-corrected chi connectivity index (χ1v) is 5.88. The molecule has 2 nitrogen and oxygen atoms in total. The number of carbonyl (C=O) groups excluding carboxylic acids is 1. The van der Waals surface area contributed by atoms with Gasteiger partial charge < -0.3 is 5.32 Å². The van der Waals surface area contributed by atoms with E-state index in [9.17, 15) is 4.79 Å². The number of hydrogen-bond acceptors (Lipinski definition) is 1. The maximum Gasteiger partial charge on any atom is 0.257 e. The average molecular weight is 303 g/mol. The second-order valence-electron chi connectivity index (χ2n) is 2.86. The Morgan fingerprint density at radius 2 is 1.93 bits per heavy atom. The number of hydrogen-bond donors (Lipinski definition) is 1. The van der Waals surface area contributed by atoms with Crippen molar-refractivity contribution in [3.05, 3.63) is 34.0 Å². The molecule has 0 aromatic carbocycles. The van der Waals surface area contributed by atoms with E-state index in [1.54, 1.807) is 0 Å². The first-order valence-electron chi connectivity index (χ1n) is 4.80. The maximum atomic E-state index is 11.2. The van der Waals surface area contributed by atoms with Gasteiger partial charge in [-0.2, -0.15) is 0 Å². The molecule has 2 unspecified atom stereocenters. The van der Waals surface area contributed by atoms with Gasteiger partial charge in [0.15, 0.2) is 0 Å². The van der Waals surface area contributed by atoms with Gasteiger partial charge in [-0.15, -0.1) is 0 Å². The van der Waals surface area contributed by atoms with E-state index in [1.807, 2.05) is 38.2 Å². The minimum Gasteiger partial charge on any atom is -0.345 e. The van der Waals surface area contributed by atoms with Gasteiger partial charge in [0.2, 0.25) is 0 Å². The van der Waals surface area contributed by atoms with Crippen molar-refractivity contribution in [1.82, 2.24) is 5.32 Å². The molecule has 1 amide bonds. The lowest BCUT2D eigenvalue weighted by Crippen LogP contribution is -2.42. The Balaban J connectivity index is 0.000000461. The summed E-state index contributed by atoms with van der Waals surface area (Å²) >= 11 is 2.06. The van der Waals surface area contributed by atoms with Crippen molar-refractivity contribution < 1.29 is 4.79 Å². The standard InChI is InChI=1S/C9H8INO.C2H6/c10-7-5-6-3-1-2-4-8(6)11-9(7)12;1-2/h1-6,8H,(H,11,12);1-2H3. The van der Waals surface area contributed by atoms with Crippen molar-refractivity contribution in [2.45, 2.75) is 19.9 Å². The van der Waals surface area contributed by atoms with E-state index < -0.39 is 0 Å². The smallest absolute Gasteiger partial charge is 0.257 e. The summed E-state index contributed by atoms with van der Waals surface area (Å²) in [4.78, 5) is 11.2. The minimum atomic E-state index is 0.0387. The molecule has 0 aromatic rings. The maximum absolute atomic E-state index is 11.2. The number of rotatable bonds is 0. The van der Waals surface area contributed by atoms with Crippen LogP contribution in [0.2, 0.25) is 0 Å². The van der Waals surface area contributed by atoms with Gasteiger partial charge in [0.25, 0.3) is 5.91 Å². The lowest BCUT2D eigenvalue weighted by Gasteiger charge is -2.26. The highest BCUT2D eigenvalue weighted by Crippen LogP contribution is 2.23. The molecule has 1 aliphatic heterocycles. The fourth-order valence-corrected chi connectivity index (χ4v) is 1.96. The molecule has 1 aliphatic carbocycles. The predicted molar refractivity (Wildman–Crippen MR) is 67.2 cm³/mol. The number of nitrogens with one attached hydrogen (secondary N) is 1. The molecule has 1 heterocycles. The molecule has 0 bridgehead atoms. The van der Waals surface area contributed by atoms with Crippen LogP contribution in [0.15, 0.2) is 34.0 Å². The van der Waals surface area contributed by atoms with E-state index >= 15 is 0 Å². The lowest BCUT2D eigenvalue weighted by molar-refractivity contribution is -0.117. The first kappa shape index (κ1) is 11.5. The number of amides is 1. The van der Waals surface area contributed by atoms with E-state index in [4.69, 9.17) is 0 Å². The van der Waals surface area contributed by atoms with E-state index in [0.717, 1.165) is 3.58 Å².